The smallest absolute Gasteiger partial charge is 0.414 e. The molecule has 2 fully saturated rings. The number of rotatable bonds is 13. The van der Waals surface area contributed by atoms with Gasteiger partial charge < -0.3 is 25.3 Å². The summed E-state index contributed by atoms with van der Waals surface area (Å²) in [7, 11) is -2.43. The Morgan fingerprint density at radius 3 is 2.17 bits per heavy atom. The number of hydrazine groups is 1. The van der Waals surface area contributed by atoms with Crippen LogP contribution in [0.2, 0.25) is 0 Å². The number of nitrogens with zero attached hydrogens (tertiary/aromatic N) is 5. The number of carbonyl (C=O) groups excluding carboxylic acids is 2. The molecule has 0 bridgehead atoms. The number of carboxylic acid groups (broad SMARTS) is 1. The third-order valence-corrected chi connectivity index (χ3v) is 11.9. The molecule has 2 amide bonds. The van der Waals surface area contributed by atoms with Crippen LogP contribution in [0.25, 0.3) is 0 Å². The lowest BCUT2D eigenvalue weighted by Gasteiger charge is -2.51. The van der Waals surface area contributed by atoms with Crippen LogP contribution in [0.3, 0.4) is 0 Å². The zero-order chi connectivity index (χ0) is 38.3. The van der Waals surface area contributed by atoms with Crippen LogP contribution in [0, 0.1) is 31.6 Å². The topological polar surface area (TPSA) is 243 Å². The molecule has 18 nitrogen and oxygen atoms in total. The predicted molar refractivity (Wildman–Crippen MR) is 185 cm³/mol. The van der Waals surface area contributed by atoms with Crippen molar-refractivity contribution < 1.29 is 47.6 Å². The maximum Gasteiger partial charge on any atom is 0.414 e. The van der Waals surface area contributed by atoms with Gasteiger partial charge in [-0.15, -0.1) is 16.2 Å². The maximum atomic E-state index is 13.5. The number of hydrogen-bond acceptors (Lipinski definition) is 13. The number of allylic oxidation sites excluding steroid dienone is 1. The first kappa shape index (κ1) is 38.2. The van der Waals surface area contributed by atoms with E-state index in [0.717, 1.165) is 22.4 Å². The van der Waals surface area contributed by atoms with Gasteiger partial charge in [0.25, 0.3) is 11.4 Å². The maximum absolute atomic E-state index is 13.5. The van der Waals surface area contributed by atoms with Gasteiger partial charge in [-0.2, -0.15) is 0 Å². The van der Waals surface area contributed by atoms with E-state index in [4.69, 9.17) is 4.74 Å². The van der Waals surface area contributed by atoms with E-state index in [1.54, 1.807) is 19.1 Å². The van der Waals surface area contributed by atoms with Crippen molar-refractivity contribution in [3.63, 3.8) is 0 Å². The number of carboxylic acids is 1. The third-order valence-electron chi connectivity index (χ3n) is 9.30. The van der Waals surface area contributed by atoms with E-state index in [1.165, 1.54) is 66.4 Å². The second-order valence-corrected chi connectivity index (χ2v) is 16.3. The molecule has 5 rings (SSSR count). The van der Waals surface area contributed by atoms with Crippen LogP contribution >= 0.6 is 11.8 Å². The second-order valence-electron chi connectivity index (χ2n) is 12.9. The summed E-state index contributed by atoms with van der Waals surface area (Å²) in [5, 5.41) is 42.8. The normalized spacial score (nSPS) is 24.2. The van der Waals surface area contributed by atoms with Gasteiger partial charge in [-0.05, 0) is 36.6 Å². The van der Waals surface area contributed by atoms with Crippen molar-refractivity contribution in [3.8, 4) is 0 Å². The highest BCUT2D eigenvalue weighted by molar-refractivity contribution is 8.03. The number of sulfonamides is 1. The first-order valence-electron chi connectivity index (χ1n) is 15.8. The Kier molecular flexibility index (Phi) is 10.7. The minimum absolute atomic E-state index is 0.0255. The van der Waals surface area contributed by atoms with E-state index in [-0.39, 0.29) is 43.1 Å². The Balaban J connectivity index is 1.47. The van der Waals surface area contributed by atoms with Gasteiger partial charge in [-0.25, -0.2) is 18.0 Å². The molecule has 1 unspecified atom stereocenters. The molecule has 3 heterocycles. The third kappa shape index (κ3) is 7.45. The van der Waals surface area contributed by atoms with Gasteiger partial charge in [0.05, 0.1) is 34.2 Å². The molecule has 0 radical (unpaired) electrons. The number of thioether (sulfide) groups is 1. The molecule has 0 spiro atoms. The highest BCUT2D eigenvalue weighted by Crippen LogP contribution is 2.60. The van der Waals surface area contributed by atoms with E-state index in [1.807, 2.05) is 0 Å². The zero-order valence-electron chi connectivity index (χ0n) is 28.4. The van der Waals surface area contributed by atoms with E-state index < -0.39 is 66.6 Å². The number of benzene rings is 2. The monoisotopic (exact) mass is 760 g/mol. The molecule has 2 aromatic rings. The average molecular weight is 761 g/mol. The lowest BCUT2D eigenvalue weighted by atomic mass is 9.67. The number of β-lactam (4-membered cyclic amide) rings is 1. The van der Waals surface area contributed by atoms with Crippen molar-refractivity contribution in [3.05, 3.63) is 102 Å². The van der Waals surface area contributed by atoms with Gasteiger partial charge in [-0.3, -0.25) is 29.9 Å². The van der Waals surface area contributed by atoms with Gasteiger partial charge in [0.2, 0.25) is 15.9 Å². The van der Waals surface area contributed by atoms with Crippen LogP contribution in [0.4, 0.5) is 16.2 Å². The molecule has 0 aromatic heterocycles. The predicted octanol–water partition coefficient (Wildman–Crippen LogP) is 2.95. The molecule has 52 heavy (non-hydrogen) atoms. The summed E-state index contributed by atoms with van der Waals surface area (Å²) in [6.07, 6.45) is 0.621. The largest absolute Gasteiger partial charge is 0.477 e. The number of aliphatic hydroxyl groups is 1. The Bertz CT molecular complexity index is 1970. The summed E-state index contributed by atoms with van der Waals surface area (Å²) in [6.45, 7) is 2.96. The molecule has 2 aromatic carbocycles. The molecular weight excluding hydrogens is 725 g/mol. The fourth-order valence-electron chi connectivity index (χ4n) is 6.66. The number of ether oxygens (including phenoxy) is 1. The molecular formula is C32H36N6O12S2. The summed E-state index contributed by atoms with van der Waals surface area (Å²) < 4.78 is 30.4. The number of non-ortho nitro benzene ring substituents is 2. The van der Waals surface area contributed by atoms with Crippen LogP contribution in [0.5, 0.6) is 0 Å². The summed E-state index contributed by atoms with van der Waals surface area (Å²) in [5.74, 6) is -2.85. The molecule has 0 aliphatic carbocycles. The highest BCUT2D eigenvalue weighted by atomic mass is 32.2. The van der Waals surface area contributed by atoms with Crippen LogP contribution in [-0.2, 0) is 37.4 Å². The number of hydrogen-bond donors (Lipinski definition) is 3. The number of nitro benzene ring substituents is 2. The summed E-state index contributed by atoms with van der Waals surface area (Å²) in [5.41, 5.74) is 2.37. The average Bonchev–Trinajstić information content (AvgIpc) is 3.56. The van der Waals surface area contributed by atoms with Gasteiger partial charge in [0.1, 0.15) is 12.3 Å². The molecule has 3 aliphatic heterocycles. The summed E-state index contributed by atoms with van der Waals surface area (Å²) in [6, 6.07) is 10.4. The van der Waals surface area contributed by atoms with Crippen molar-refractivity contribution in [2.75, 3.05) is 19.8 Å². The number of nitro groups is 2. The number of carbonyl (C=O) groups is 3. The highest BCUT2D eigenvalue weighted by Gasteiger charge is 2.66. The van der Waals surface area contributed by atoms with Gasteiger partial charge in [0.15, 0.2) is 0 Å². The van der Waals surface area contributed by atoms with Crippen molar-refractivity contribution in [2.45, 2.75) is 50.7 Å². The minimum Gasteiger partial charge on any atom is -0.477 e. The minimum atomic E-state index is -3.69. The van der Waals surface area contributed by atoms with Crippen molar-refractivity contribution in [2.24, 2.45) is 11.3 Å². The number of fused-ring (bicyclic) bond motifs is 1. The lowest BCUT2D eigenvalue weighted by molar-refractivity contribution is -0.385. The van der Waals surface area contributed by atoms with Gasteiger partial charge in [-0.1, -0.05) is 19.1 Å². The zero-order valence-corrected chi connectivity index (χ0v) is 30.0. The van der Waals surface area contributed by atoms with Crippen LogP contribution in [0.15, 0.2) is 71.0 Å². The summed E-state index contributed by atoms with van der Waals surface area (Å²) in [4.78, 5) is 63.6. The number of nitrogens with one attached hydrogen (secondary N) is 1. The molecule has 5 atom stereocenters. The quantitative estimate of drug-likeness (QED) is 0.151. The van der Waals surface area contributed by atoms with Crippen LogP contribution < -0.4 is 5.43 Å². The molecule has 3 aliphatic rings. The SMILES string of the molecule is CC(O)[C@H]1C(=O)N2C(C(=O)O)=C(S[C@H]3CC(=CNN(C)S(C)(=O)=O)N(C(=O)OCc4ccc([N+](=O)[O-])cc4)C3)[C@](C)(Cc3ccc([N+](=O)[O-])cc3)[C@H]12. The van der Waals surface area contributed by atoms with E-state index in [9.17, 15) is 53.2 Å². The number of amides is 2. The van der Waals surface area contributed by atoms with Crippen molar-refractivity contribution in [1.29, 1.82) is 0 Å². The van der Waals surface area contributed by atoms with Gasteiger partial charge in [0, 0.05) is 71.7 Å². The fourth-order valence-corrected chi connectivity index (χ4v) is 8.48. The number of aliphatic hydroxyl groups excluding tert-OH is 1. The fraction of sp³-hybridized carbons (Fsp3) is 0.406. The van der Waals surface area contributed by atoms with E-state index in [0.29, 0.717) is 21.7 Å². The molecule has 3 N–H and O–H groups in total. The Morgan fingerprint density at radius 1 is 1.12 bits per heavy atom. The molecule has 278 valence electrons. The number of likely N-dealkylation sites (tertiary alicyclic amines) is 1. The Morgan fingerprint density at radius 2 is 1.67 bits per heavy atom. The molecule has 2 saturated heterocycles. The van der Waals surface area contributed by atoms with Crippen LogP contribution in [0.1, 0.15) is 31.4 Å². The standard InChI is InChI=1S/C32H36N6O12S2/c1-18(39)25-27-32(2,14-19-5-9-21(10-6-19)37(44)45)28(26(30(41)42)36(27)29(25)40)51-24-13-23(15-33-34(3)52(4,48)49)35(16-24)31(43)50-17-20-7-11-22(12-8-20)38(46)47/h5-12,15,18,24-25,27,33,39H,13-14,16-17H2,1-4H3,(H,41,42)/t18?,24-,25+,27-,32+/m0/s1. The first-order valence-corrected chi connectivity index (χ1v) is 18.5. The Labute approximate surface area is 302 Å². The van der Waals surface area contributed by atoms with Crippen LogP contribution in [-0.4, -0.2) is 97.9 Å². The Hall–Kier alpha value is -5.05. The van der Waals surface area contributed by atoms with E-state index >= 15 is 0 Å². The van der Waals surface area contributed by atoms with Gasteiger partial charge >= 0.3 is 12.1 Å². The lowest BCUT2D eigenvalue weighted by Crippen LogP contribution is -2.66. The summed E-state index contributed by atoms with van der Waals surface area (Å²) >= 11 is 1.13. The number of aliphatic carboxylic acids is 1. The van der Waals surface area contributed by atoms with Crippen molar-refractivity contribution >= 4 is 51.1 Å². The first-order chi connectivity index (χ1) is 24.3. The molecule has 0 saturated carbocycles. The van der Waals surface area contributed by atoms with E-state index in [2.05, 4.69) is 5.43 Å². The molecule has 20 heteroatoms. The van der Waals surface area contributed by atoms with Crippen molar-refractivity contribution in [1.82, 2.24) is 19.6 Å². The second kappa shape index (κ2) is 14.5.